The Morgan fingerprint density at radius 3 is 2.68 bits per heavy atom. The van der Waals surface area contributed by atoms with Gasteiger partial charge in [-0.3, -0.25) is 14.6 Å². The fourth-order valence-electron chi connectivity index (χ4n) is 4.85. The number of nitriles is 1. The van der Waals surface area contributed by atoms with E-state index in [0.717, 1.165) is 74.4 Å². The summed E-state index contributed by atoms with van der Waals surface area (Å²) in [5.74, 6) is 1.32. The number of pyridine rings is 1. The number of benzene rings is 1. The van der Waals surface area contributed by atoms with Gasteiger partial charge < -0.3 is 18.6 Å². The second-order valence-corrected chi connectivity index (χ2v) is 9.38. The molecule has 0 radical (unpaired) electrons. The van der Waals surface area contributed by atoms with Crippen LogP contribution >= 0.6 is 0 Å². The second kappa shape index (κ2) is 10.7. The highest BCUT2D eigenvalue weighted by molar-refractivity contribution is 5.92. The number of morpholine rings is 1. The fourth-order valence-corrected chi connectivity index (χ4v) is 4.85. The zero-order valence-corrected chi connectivity index (χ0v) is 20.6. The first kappa shape index (κ1) is 23.7. The van der Waals surface area contributed by atoms with Gasteiger partial charge in [-0.25, -0.2) is 0 Å². The summed E-state index contributed by atoms with van der Waals surface area (Å²) in [5, 5.41) is 14.3. The van der Waals surface area contributed by atoms with E-state index in [9.17, 15) is 5.26 Å². The molecule has 0 amide bonds. The Kier molecular flexibility index (Phi) is 6.86. The van der Waals surface area contributed by atoms with Crippen molar-refractivity contribution in [2.45, 2.75) is 25.5 Å². The van der Waals surface area contributed by atoms with Gasteiger partial charge in [-0.15, -0.1) is 0 Å². The van der Waals surface area contributed by atoms with Gasteiger partial charge in [0.05, 0.1) is 50.3 Å². The van der Waals surface area contributed by atoms with Gasteiger partial charge in [0.15, 0.2) is 5.58 Å². The van der Waals surface area contributed by atoms with Crippen molar-refractivity contribution in [1.29, 1.82) is 5.26 Å². The minimum absolute atomic E-state index is 0.0711. The van der Waals surface area contributed by atoms with Crippen LogP contribution in [-0.2, 0) is 16.0 Å². The van der Waals surface area contributed by atoms with Crippen molar-refractivity contribution in [1.82, 2.24) is 19.7 Å². The van der Waals surface area contributed by atoms with E-state index in [-0.39, 0.29) is 6.10 Å². The molecule has 0 N–H and O–H groups in total. The highest BCUT2D eigenvalue weighted by atomic mass is 16.5. The number of hydrogen-bond acceptors (Lipinski definition) is 8. The maximum absolute atomic E-state index is 9.81. The lowest BCUT2D eigenvalue weighted by Crippen LogP contribution is -2.38. The van der Waals surface area contributed by atoms with Gasteiger partial charge in [-0.05, 0) is 23.8 Å². The molecule has 2 saturated heterocycles. The van der Waals surface area contributed by atoms with Crippen LogP contribution in [0.5, 0.6) is 5.75 Å². The first-order chi connectivity index (χ1) is 18.3. The zero-order chi connectivity index (χ0) is 25.0. The van der Waals surface area contributed by atoms with E-state index < -0.39 is 0 Å². The van der Waals surface area contributed by atoms with E-state index in [1.165, 1.54) is 0 Å². The van der Waals surface area contributed by atoms with Gasteiger partial charge in [-0.2, -0.15) is 10.4 Å². The van der Waals surface area contributed by atoms with Crippen LogP contribution in [0.2, 0.25) is 0 Å². The van der Waals surface area contributed by atoms with Gasteiger partial charge in [0, 0.05) is 56.5 Å². The molecule has 2 aliphatic heterocycles. The normalized spacial score (nSPS) is 17.2. The second-order valence-electron chi connectivity index (χ2n) is 9.38. The smallest absolute Gasteiger partial charge is 0.161 e. The molecule has 37 heavy (non-hydrogen) atoms. The Labute approximate surface area is 215 Å². The minimum atomic E-state index is 0.0711. The molecule has 9 heteroatoms. The van der Waals surface area contributed by atoms with Crippen molar-refractivity contribution in [2.24, 2.45) is 0 Å². The molecule has 3 aromatic heterocycles. The van der Waals surface area contributed by atoms with Gasteiger partial charge in [-0.1, -0.05) is 6.07 Å². The Bertz CT molecular complexity index is 1410. The summed E-state index contributed by atoms with van der Waals surface area (Å²) in [4.78, 5) is 6.90. The number of furan rings is 1. The predicted molar refractivity (Wildman–Crippen MR) is 137 cm³/mol. The average molecular weight is 500 g/mol. The summed E-state index contributed by atoms with van der Waals surface area (Å²) in [6.45, 7) is 6.63. The summed E-state index contributed by atoms with van der Waals surface area (Å²) in [5.41, 5.74) is 4.61. The SMILES string of the molecule is N#Cc1cc(-c2ccnc3cc(-c4cnn(CCN5CCOCC5)c4)oc23)ccc1OC1CCOCC1. The third-order valence-electron chi connectivity index (χ3n) is 6.95. The monoisotopic (exact) mass is 499 g/mol. The Morgan fingerprint density at radius 2 is 1.84 bits per heavy atom. The van der Waals surface area contributed by atoms with Crippen molar-refractivity contribution in [3.63, 3.8) is 0 Å². The molecule has 0 aliphatic carbocycles. The number of hydrogen-bond donors (Lipinski definition) is 0. The molecule has 4 aromatic rings. The van der Waals surface area contributed by atoms with E-state index in [1.807, 2.05) is 47.4 Å². The highest BCUT2D eigenvalue weighted by Gasteiger charge is 2.19. The molecule has 0 atom stereocenters. The van der Waals surface area contributed by atoms with Gasteiger partial charge in [0.2, 0.25) is 0 Å². The number of rotatable bonds is 7. The van der Waals surface area contributed by atoms with Gasteiger partial charge in [0.1, 0.15) is 29.2 Å². The zero-order valence-electron chi connectivity index (χ0n) is 20.6. The number of fused-ring (bicyclic) bond motifs is 1. The Balaban J connectivity index is 1.23. The number of nitrogens with zero attached hydrogens (tertiary/aromatic N) is 5. The highest BCUT2D eigenvalue weighted by Crippen LogP contribution is 2.35. The predicted octanol–water partition coefficient (Wildman–Crippen LogP) is 4.12. The topological polar surface area (TPSA) is 98.6 Å². The summed E-state index contributed by atoms with van der Waals surface area (Å²) in [6.07, 6.45) is 7.33. The van der Waals surface area contributed by atoms with E-state index in [2.05, 4.69) is 21.1 Å². The Morgan fingerprint density at radius 1 is 1.00 bits per heavy atom. The van der Waals surface area contributed by atoms with Gasteiger partial charge in [0.25, 0.3) is 0 Å². The standard InChI is InChI=1S/C28H29N5O4/c29-17-21-15-20(1-2-26(21)36-23-4-11-34-12-5-23)24-3-6-30-25-16-27(37-28(24)25)22-18-31-33(19-22)8-7-32-9-13-35-14-10-32/h1-3,6,15-16,18-19,23H,4-5,7-14H2. The first-order valence-corrected chi connectivity index (χ1v) is 12.8. The van der Waals surface area contributed by atoms with Crippen LogP contribution in [0.25, 0.3) is 33.6 Å². The molecule has 0 unspecified atom stereocenters. The maximum Gasteiger partial charge on any atom is 0.161 e. The Hall–Kier alpha value is -3.71. The lowest BCUT2D eigenvalue weighted by atomic mass is 10.0. The summed E-state index contributed by atoms with van der Waals surface area (Å²) >= 11 is 0. The van der Waals surface area contributed by atoms with E-state index in [4.69, 9.17) is 18.6 Å². The third kappa shape index (κ3) is 5.23. The molecule has 1 aromatic carbocycles. The van der Waals surface area contributed by atoms with Crippen molar-refractivity contribution in [2.75, 3.05) is 46.1 Å². The minimum Gasteiger partial charge on any atom is -0.489 e. The van der Waals surface area contributed by atoms with Crippen LogP contribution in [0.15, 0.2) is 53.3 Å². The van der Waals surface area contributed by atoms with Crippen molar-refractivity contribution in [3.05, 3.63) is 54.5 Å². The molecule has 9 nitrogen and oxygen atoms in total. The summed E-state index contributed by atoms with van der Waals surface area (Å²) < 4.78 is 25.2. The molecular weight excluding hydrogens is 470 g/mol. The molecule has 6 rings (SSSR count). The first-order valence-electron chi connectivity index (χ1n) is 12.8. The molecule has 0 saturated carbocycles. The van der Waals surface area contributed by atoms with Crippen molar-refractivity contribution < 1.29 is 18.6 Å². The van der Waals surface area contributed by atoms with Crippen LogP contribution in [0, 0.1) is 11.3 Å². The van der Waals surface area contributed by atoms with Crippen LogP contribution in [0.3, 0.4) is 0 Å². The summed E-state index contributed by atoms with van der Waals surface area (Å²) in [7, 11) is 0. The molecular formula is C28H29N5O4. The average Bonchev–Trinajstić information content (AvgIpc) is 3.60. The quantitative estimate of drug-likeness (QED) is 0.375. The fraction of sp³-hybridized carbons (Fsp3) is 0.393. The van der Waals surface area contributed by atoms with Gasteiger partial charge >= 0.3 is 0 Å². The number of aromatic nitrogens is 3. The van der Waals surface area contributed by atoms with Crippen LogP contribution < -0.4 is 4.74 Å². The van der Waals surface area contributed by atoms with Crippen molar-refractivity contribution in [3.8, 4) is 34.3 Å². The van der Waals surface area contributed by atoms with Crippen LogP contribution in [-0.4, -0.2) is 71.8 Å². The van der Waals surface area contributed by atoms with E-state index in [0.29, 0.717) is 35.9 Å². The molecule has 0 bridgehead atoms. The molecule has 2 aliphatic rings. The van der Waals surface area contributed by atoms with Crippen molar-refractivity contribution >= 4 is 11.1 Å². The van der Waals surface area contributed by atoms with E-state index >= 15 is 0 Å². The maximum atomic E-state index is 9.81. The molecule has 5 heterocycles. The molecule has 190 valence electrons. The third-order valence-corrected chi connectivity index (χ3v) is 6.95. The molecule has 0 spiro atoms. The number of ether oxygens (including phenoxy) is 3. The van der Waals surface area contributed by atoms with Crippen LogP contribution in [0.4, 0.5) is 0 Å². The lowest BCUT2D eigenvalue weighted by Gasteiger charge is -2.26. The molecule has 2 fully saturated rings. The largest absolute Gasteiger partial charge is 0.489 e. The van der Waals surface area contributed by atoms with Crippen LogP contribution in [0.1, 0.15) is 18.4 Å². The van der Waals surface area contributed by atoms with E-state index in [1.54, 1.807) is 6.20 Å². The summed E-state index contributed by atoms with van der Waals surface area (Å²) in [6, 6.07) is 11.8. The lowest BCUT2D eigenvalue weighted by molar-refractivity contribution is 0.0254.